The fourth-order valence-electron chi connectivity index (χ4n) is 3.43. The first-order valence-electron chi connectivity index (χ1n) is 7.69. The van der Waals surface area contributed by atoms with Gasteiger partial charge in [-0.1, -0.05) is 13.8 Å². The van der Waals surface area contributed by atoms with Gasteiger partial charge >= 0.3 is 0 Å². The second-order valence-electron chi connectivity index (χ2n) is 7.13. The van der Waals surface area contributed by atoms with Gasteiger partial charge in [-0.2, -0.15) is 5.10 Å². The molecule has 3 rings (SSSR count). The number of furan rings is 1. The van der Waals surface area contributed by atoms with E-state index in [1.165, 1.54) is 11.1 Å². The van der Waals surface area contributed by atoms with Crippen molar-refractivity contribution in [1.82, 2.24) is 15.5 Å². The molecule has 0 spiro atoms. The van der Waals surface area contributed by atoms with Crippen molar-refractivity contribution in [3.05, 3.63) is 40.1 Å². The number of nitrogens with zero attached hydrogens (tertiary/aromatic N) is 1. The van der Waals surface area contributed by atoms with Crippen LogP contribution < -0.4 is 5.32 Å². The molecule has 1 atom stereocenters. The van der Waals surface area contributed by atoms with E-state index in [2.05, 4.69) is 49.3 Å². The quantitative estimate of drug-likeness (QED) is 0.904. The second-order valence-corrected chi connectivity index (χ2v) is 7.13. The molecule has 0 saturated heterocycles. The van der Waals surface area contributed by atoms with E-state index < -0.39 is 0 Å². The summed E-state index contributed by atoms with van der Waals surface area (Å²) in [5, 5.41) is 11.0. The molecule has 0 fully saturated rings. The molecule has 2 N–H and O–H groups in total. The standard InChI is InChI=1S/C17H25N3O/c1-10-6-13-15(7-17(4,5)8-16(13)21-10)18-9-14-11(2)19-20-12(14)3/h6,15,18H,7-9H2,1-5H3,(H,19,20). The van der Waals surface area contributed by atoms with Crippen molar-refractivity contribution in [2.75, 3.05) is 0 Å². The van der Waals surface area contributed by atoms with Crippen LogP contribution >= 0.6 is 0 Å². The molecule has 21 heavy (non-hydrogen) atoms. The van der Waals surface area contributed by atoms with E-state index in [1.54, 1.807) is 0 Å². The molecule has 0 bridgehead atoms. The molecular formula is C17H25N3O. The monoisotopic (exact) mass is 287 g/mol. The maximum Gasteiger partial charge on any atom is 0.109 e. The Kier molecular flexibility index (Phi) is 3.44. The Hall–Kier alpha value is -1.55. The molecule has 0 radical (unpaired) electrons. The molecule has 4 nitrogen and oxygen atoms in total. The van der Waals surface area contributed by atoms with E-state index in [0.29, 0.717) is 6.04 Å². The highest BCUT2D eigenvalue weighted by Gasteiger charge is 2.34. The summed E-state index contributed by atoms with van der Waals surface area (Å²) in [6.07, 6.45) is 2.16. The van der Waals surface area contributed by atoms with Gasteiger partial charge in [0, 0.05) is 35.8 Å². The zero-order chi connectivity index (χ0) is 15.2. The van der Waals surface area contributed by atoms with Gasteiger partial charge in [-0.05, 0) is 38.7 Å². The number of fused-ring (bicyclic) bond motifs is 1. The van der Waals surface area contributed by atoms with Gasteiger partial charge in [0.15, 0.2) is 0 Å². The Bertz CT molecular complexity index is 632. The largest absolute Gasteiger partial charge is 0.466 e. The smallest absolute Gasteiger partial charge is 0.109 e. The third-order valence-electron chi connectivity index (χ3n) is 4.54. The number of hydrogen-bond acceptors (Lipinski definition) is 3. The summed E-state index contributed by atoms with van der Waals surface area (Å²) in [5.74, 6) is 2.17. The minimum atomic E-state index is 0.273. The summed E-state index contributed by atoms with van der Waals surface area (Å²) < 4.78 is 5.90. The van der Waals surface area contributed by atoms with Crippen molar-refractivity contribution in [2.24, 2.45) is 5.41 Å². The summed E-state index contributed by atoms with van der Waals surface area (Å²) in [5.41, 5.74) is 5.12. The lowest BCUT2D eigenvalue weighted by Gasteiger charge is -2.35. The van der Waals surface area contributed by atoms with Gasteiger partial charge in [-0.3, -0.25) is 5.10 Å². The summed E-state index contributed by atoms with van der Waals surface area (Å²) in [6, 6.07) is 2.55. The van der Waals surface area contributed by atoms with Crippen LogP contribution in [0.1, 0.15) is 60.3 Å². The minimum Gasteiger partial charge on any atom is -0.466 e. The fraction of sp³-hybridized carbons (Fsp3) is 0.588. The Labute approximate surface area is 126 Å². The summed E-state index contributed by atoms with van der Waals surface area (Å²) >= 11 is 0. The van der Waals surface area contributed by atoms with Gasteiger partial charge < -0.3 is 9.73 Å². The lowest BCUT2D eigenvalue weighted by atomic mass is 9.74. The van der Waals surface area contributed by atoms with E-state index in [9.17, 15) is 0 Å². The fourth-order valence-corrected chi connectivity index (χ4v) is 3.43. The van der Waals surface area contributed by atoms with Crippen molar-refractivity contribution in [2.45, 2.75) is 60.0 Å². The molecule has 1 aliphatic rings. The molecule has 2 heterocycles. The highest BCUT2D eigenvalue weighted by Crippen LogP contribution is 2.42. The predicted octanol–water partition coefficient (Wildman–Crippen LogP) is 3.73. The molecule has 1 aliphatic carbocycles. The number of hydrogen-bond donors (Lipinski definition) is 2. The molecule has 0 aliphatic heterocycles. The lowest BCUT2D eigenvalue weighted by Crippen LogP contribution is -2.32. The zero-order valence-corrected chi connectivity index (χ0v) is 13.6. The number of aromatic nitrogens is 2. The molecule has 2 aromatic heterocycles. The Balaban J connectivity index is 1.82. The third kappa shape index (κ3) is 2.77. The van der Waals surface area contributed by atoms with Crippen LogP contribution in [0, 0.1) is 26.2 Å². The van der Waals surface area contributed by atoms with Crippen molar-refractivity contribution < 1.29 is 4.42 Å². The average molecular weight is 287 g/mol. The van der Waals surface area contributed by atoms with Crippen LogP contribution in [0.3, 0.4) is 0 Å². The van der Waals surface area contributed by atoms with E-state index in [-0.39, 0.29) is 5.41 Å². The first-order valence-corrected chi connectivity index (χ1v) is 7.69. The van der Waals surface area contributed by atoms with Gasteiger partial charge in [0.1, 0.15) is 11.5 Å². The number of rotatable bonds is 3. The number of H-pyrrole nitrogens is 1. The minimum absolute atomic E-state index is 0.273. The van der Waals surface area contributed by atoms with Crippen LogP contribution in [0.25, 0.3) is 0 Å². The number of aromatic amines is 1. The second kappa shape index (κ2) is 5.02. The number of aryl methyl sites for hydroxylation is 3. The van der Waals surface area contributed by atoms with Crippen LogP contribution in [0.2, 0.25) is 0 Å². The first-order chi connectivity index (χ1) is 9.85. The van der Waals surface area contributed by atoms with Crippen molar-refractivity contribution >= 4 is 0 Å². The molecule has 2 aromatic rings. The van der Waals surface area contributed by atoms with E-state index in [0.717, 1.165) is 42.3 Å². The Morgan fingerprint density at radius 2 is 2.14 bits per heavy atom. The summed E-state index contributed by atoms with van der Waals surface area (Å²) in [7, 11) is 0. The summed E-state index contributed by atoms with van der Waals surface area (Å²) in [6.45, 7) is 11.6. The van der Waals surface area contributed by atoms with Crippen LogP contribution in [-0.4, -0.2) is 10.2 Å². The van der Waals surface area contributed by atoms with Crippen LogP contribution in [-0.2, 0) is 13.0 Å². The van der Waals surface area contributed by atoms with Crippen molar-refractivity contribution in [3.63, 3.8) is 0 Å². The van der Waals surface area contributed by atoms with Crippen LogP contribution in [0.4, 0.5) is 0 Å². The van der Waals surface area contributed by atoms with Gasteiger partial charge in [0.05, 0.1) is 5.69 Å². The van der Waals surface area contributed by atoms with Crippen LogP contribution in [0.15, 0.2) is 10.5 Å². The lowest BCUT2D eigenvalue weighted by molar-refractivity contribution is 0.233. The number of nitrogens with one attached hydrogen (secondary N) is 2. The topological polar surface area (TPSA) is 53.9 Å². The van der Waals surface area contributed by atoms with E-state index >= 15 is 0 Å². The van der Waals surface area contributed by atoms with E-state index in [1.807, 2.05) is 6.92 Å². The Morgan fingerprint density at radius 1 is 1.38 bits per heavy atom. The van der Waals surface area contributed by atoms with Crippen LogP contribution in [0.5, 0.6) is 0 Å². The first kappa shape index (κ1) is 14.4. The normalized spacial score (nSPS) is 20.5. The maximum absolute atomic E-state index is 5.90. The average Bonchev–Trinajstić information content (AvgIpc) is 2.89. The molecule has 1 unspecified atom stereocenters. The van der Waals surface area contributed by atoms with Gasteiger partial charge in [-0.15, -0.1) is 0 Å². The van der Waals surface area contributed by atoms with E-state index in [4.69, 9.17) is 4.42 Å². The Morgan fingerprint density at radius 3 is 2.81 bits per heavy atom. The van der Waals surface area contributed by atoms with Gasteiger partial charge in [0.25, 0.3) is 0 Å². The van der Waals surface area contributed by atoms with Crippen molar-refractivity contribution in [3.8, 4) is 0 Å². The molecule has 0 saturated carbocycles. The summed E-state index contributed by atoms with van der Waals surface area (Å²) in [4.78, 5) is 0. The molecule has 114 valence electrons. The predicted molar refractivity (Wildman–Crippen MR) is 83.2 cm³/mol. The zero-order valence-electron chi connectivity index (χ0n) is 13.6. The third-order valence-corrected chi connectivity index (χ3v) is 4.54. The molecular weight excluding hydrogens is 262 g/mol. The molecule has 4 heteroatoms. The SMILES string of the molecule is Cc1cc2c(o1)CC(C)(C)CC2NCc1c(C)n[nH]c1C. The van der Waals surface area contributed by atoms with Gasteiger partial charge in [0.2, 0.25) is 0 Å². The molecule has 0 aromatic carbocycles. The highest BCUT2D eigenvalue weighted by atomic mass is 16.3. The maximum atomic E-state index is 5.90. The highest BCUT2D eigenvalue weighted by molar-refractivity contribution is 5.30. The molecule has 0 amide bonds. The van der Waals surface area contributed by atoms with Gasteiger partial charge in [-0.25, -0.2) is 0 Å². The van der Waals surface area contributed by atoms with Crippen molar-refractivity contribution in [1.29, 1.82) is 0 Å².